The summed E-state index contributed by atoms with van der Waals surface area (Å²) in [5.41, 5.74) is 3.36. The first kappa shape index (κ1) is 14.1. The van der Waals surface area contributed by atoms with Gasteiger partial charge in [0.2, 0.25) is 5.91 Å². The highest BCUT2D eigenvalue weighted by Gasteiger charge is 2.27. The number of amides is 1. The number of hydrogen-bond donors (Lipinski definition) is 2. The highest BCUT2D eigenvalue weighted by Crippen LogP contribution is 2.26. The topological polar surface area (TPSA) is 41.1 Å². The van der Waals surface area contributed by atoms with Crippen molar-refractivity contribution in [3.63, 3.8) is 0 Å². The summed E-state index contributed by atoms with van der Waals surface area (Å²) in [7, 11) is 0. The number of halogens is 1. The zero-order valence-electron chi connectivity index (χ0n) is 11.8. The zero-order chi connectivity index (χ0) is 14.8. The van der Waals surface area contributed by atoms with Gasteiger partial charge in [0.15, 0.2) is 0 Å². The average molecular weight is 345 g/mol. The Labute approximate surface area is 132 Å². The molecule has 3 rings (SSSR count). The molecule has 1 unspecified atom stereocenters. The van der Waals surface area contributed by atoms with Crippen LogP contribution < -0.4 is 10.6 Å². The highest BCUT2D eigenvalue weighted by molar-refractivity contribution is 9.10. The maximum absolute atomic E-state index is 12.4. The Hall–Kier alpha value is -1.81. The van der Waals surface area contributed by atoms with Crippen molar-refractivity contribution in [1.29, 1.82) is 0 Å². The second-order valence-corrected chi connectivity index (χ2v) is 6.26. The molecule has 1 aliphatic heterocycles. The Bertz CT molecular complexity index is 646. The Morgan fingerprint density at radius 1 is 1.29 bits per heavy atom. The minimum Gasteiger partial charge on any atom is -0.373 e. The number of carbonyl (C=O) groups is 1. The van der Waals surface area contributed by atoms with Crippen LogP contribution in [0.5, 0.6) is 0 Å². The number of para-hydroxylation sites is 1. The van der Waals surface area contributed by atoms with Gasteiger partial charge in [-0.05, 0) is 36.2 Å². The lowest BCUT2D eigenvalue weighted by atomic mass is 10.1. The summed E-state index contributed by atoms with van der Waals surface area (Å²) in [6.07, 6.45) is 0.743. The van der Waals surface area contributed by atoms with Crippen molar-refractivity contribution in [3.8, 4) is 0 Å². The molecular formula is C17H17BrN2O. The molecule has 0 spiro atoms. The van der Waals surface area contributed by atoms with Gasteiger partial charge < -0.3 is 10.6 Å². The van der Waals surface area contributed by atoms with Gasteiger partial charge in [0.25, 0.3) is 0 Å². The fourth-order valence-electron chi connectivity index (χ4n) is 2.63. The standard InChI is InChI=1S/C17H17BrN2O/c1-11(12-6-4-7-14(18)9-12)19-17(21)16-10-13-5-2-3-8-15(13)20-16/h2-9,11,16,20H,10H2,1H3,(H,19,21)/t11-,16?/m0/s1. The summed E-state index contributed by atoms with van der Waals surface area (Å²) in [5.74, 6) is 0.0404. The Morgan fingerprint density at radius 3 is 2.86 bits per heavy atom. The lowest BCUT2D eigenvalue weighted by Gasteiger charge is -2.18. The van der Waals surface area contributed by atoms with Crippen molar-refractivity contribution in [2.24, 2.45) is 0 Å². The van der Waals surface area contributed by atoms with Crippen molar-refractivity contribution >= 4 is 27.5 Å². The maximum Gasteiger partial charge on any atom is 0.243 e. The smallest absolute Gasteiger partial charge is 0.243 e. The third kappa shape index (κ3) is 3.10. The first-order valence-electron chi connectivity index (χ1n) is 7.04. The van der Waals surface area contributed by atoms with E-state index in [2.05, 4.69) is 32.6 Å². The molecule has 0 fully saturated rings. The van der Waals surface area contributed by atoms with E-state index in [-0.39, 0.29) is 18.0 Å². The van der Waals surface area contributed by atoms with Crippen molar-refractivity contribution in [2.75, 3.05) is 5.32 Å². The molecule has 21 heavy (non-hydrogen) atoms. The fourth-order valence-corrected chi connectivity index (χ4v) is 3.05. The molecule has 2 aromatic carbocycles. The molecule has 1 aliphatic rings. The molecule has 108 valence electrons. The first-order chi connectivity index (χ1) is 10.1. The van der Waals surface area contributed by atoms with Crippen LogP contribution in [0.4, 0.5) is 5.69 Å². The van der Waals surface area contributed by atoms with Crippen LogP contribution in [0.3, 0.4) is 0 Å². The minimum atomic E-state index is -0.183. The van der Waals surface area contributed by atoms with Crippen LogP contribution in [0.25, 0.3) is 0 Å². The van der Waals surface area contributed by atoms with Gasteiger partial charge >= 0.3 is 0 Å². The van der Waals surface area contributed by atoms with Crippen molar-refractivity contribution in [1.82, 2.24) is 5.32 Å². The van der Waals surface area contributed by atoms with Crippen LogP contribution in [-0.4, -0.2) is 11.9 Å². The molecule has 0 aromatic heterocycles. The van der Waals surface area contributed by atoms with Crippen molar-refractivity contribution in [3.05, 3.63) is 64.1 Å². The van der Waals surface area contributed by atoms with E-state index in [9.17, 15) is 4.79 Å². The number of rotatable bonds is 3. The highest BCUT2D eigenvalue weighted by atomic mass is 79.9. The summed E-state index contributed by atoms with van der Waals surface area (Å²) >= 11 is 3.46. The molecule has 0 saturated heterocycles. The molecule has 1 heterocycles. The number of carbonyl (C=O) groups excluding carboxylic acids is 1. The molecule has 0 radical (unpaired) electrons. The number of fused-ring (bicyclic) bond motifs is 1. The van der Waals surface area contributed by atoms with Gasteiger partial charge in [0, 0.05) is 16.6 Å². The average Bonchev–Trinajstić information content (AvgIpc) is 2.91. The number of anilines is 1. The van der Waals surface area contributed by atoms with Gasteiger partial charge in [-0.3, -0.25) is 4.79 Å². The molecule has 4 heteroatoms. The Balaban J connectivity index is 1.65. The predicted octanol–water partition coefficient (Wildman–Crippen LogP) is 3.66. The zero-order valence-corrected chi connectivity index (χ0v) is 13.4. The van der Waals surface area contributed by atoms with Gasteiger partial charge in [0.1, 0.15) is 6.04 Å². The summed E-state index contributed by atoms with van der Waals surface area (Å²) < 4.78 is 1.02. The number of nitrogens with one attached hydrogen (secondary N) is 2. The quantitative estimate of drug-likeness (QED) is 0.891. The minimum absolute atomic E-state index is 0.0134. The lowest BCUT2D eigenvalue weighted by molar-refractivity contribution is -0.122. The second kappa shape index (κ2) is 5.90. The van der Waals surface area contributed by atoms with Gasteiger partial charge in [-0.2, -0.15) is 0 Å². The molecule has 2 N–H and O–H groups in total. The number of hydrogen-bond acceptors (Lipinski definition) is 2. The van der Waals surface area contributed by atoms with Gasteiger partial charge in [-0.25, -0.2) is 0 Å². The van der Waals surface area contributed by atoms with Crippen LogP contribution in [0.15, 0.2) is 53.0 Å². The van der Waals surface area contributed by atoms with Crippen LogP contribution in [-0.2, 0) is 11.2 Å². The second-order valence-electron chi connectivity index (χ2n) is 5.34. The molecule has 3 nitrogen and oxygen atoms in total. The van der Waals surface area contributed by atoms with E-state index in [1.165, 1.54) is 5.56 Å². The summed E-state index contributed by atoms with van der Waals surface area (Å²) in [6.45, 7) is 2.00. The van der Waals surface area contributed by atoms with Gasteiger partial charge in [-0.1, -0.05) is 46.3 Å². The lowest BCUT2D eigenvalue weighted by Crippen LogP contribution is -2.39. The summed E-state index contributed by atoms with van der Waals surface area (Å²) in [5, 5.41) is 6.36. The van der Waals surface area contributed by atoms with Crippen LogP contribution in [0.2, 0.25) is 0 Å². The monoisotopic (exact) mass is 344 g/mol. The van der Waals surface area contributed by atoms with E-state index in [1.807, 2.05) is 49.4 Å². The third-order valence-electron chi connectivity index (χ3n) is 3.80. The van der Waals surface area contributed by atoms with Crippen molar-refractivity contribution < 1.29 is 4.79 Å². The van der Waals surface area contributed by atoms with E-state index in [4.69, 9.17) is 0 Å². The normalized spacial score (nSPS) is 17.7. The molecule has 0 saturated carbocycles. The SMILES string of the molecule is C[C@H](NC(=O)C1Cc2ccccc2N1)c1cccc(Br)c1. The Morgan fingerprint density at radius 2 is 2.10 bits per heavy atom. The van der Waals surface area contributed by atoms with Gasteiger partial charge in [0.05, 0.1) is 6.04 Å². The third-order valence-corrected chi connectivity index (χ3v) is 4.29. The molecule has 2 aromatic rings. The summed E-state index contributed by atoms with van der Waals surface area (Å²) in [4.78, 5) is 12.4. The van der Waals surface area contributed by atoms with E-state index in [0.29, 0.717) is 0 Å². The van der Waals surface area contributed by atoms with Crippen LogP contribution in [0.1, 0.15) is 24.1 Å². The predicted molar refractivity (Wildman–Crippen MR) is 88.3 cm³/mol. The molecule has 2 atom stereocenters. The van der Waals surface area contributed by atoms with E-state index >= 15 is 0 Å². The molecule has 0 bridgehead atoms. The first-order valence-corrected chi connectivity index (χ1v) is 7.83. The van der Waals surface area contributed by atoms with Gasteiger partial charge in [-0.15, -0.1) is 0 Å². The van der Waals surface area contributed by atoms with Crippen LogP contribution in [0, 0.1) is 0 Å². The van der Waals surface area contributed by atoms with E-state index in [0.717, 1.165) is 22.1 Å². The molecule has 0 aliphatic carbocycles. The largest absolute Gasteiger partial charge is 0.373 e. The van der Waals surface area contributed by atoms with Crippen LogP contribution >= 0.6 is 15.9 Å². The van der Waals surface area contributed by atoms with E-state index < -0.39 is 0 Å². The molecular weight excluding hydrogens is 328 g/mol. The number of benzene rings is 2. The fraction of sp³-hybridized carbons (Fsp3) is 0.235. The summed E-state index contributed by atoms with van der Waals surface area (Å²) in [6, 6.07) is 15.9. The van der Waals surface area contributed by atoms with E-state index in [1.54, 1.807) is 0 Å². The Kier molecular flexibility index (Phi) is 3.97. The molecule has 1 amide bonds. The van der Waals surface area contributed by atoms with Crippen molar-refractivity contribution in [2.45, 2.75) is 25.4 Å². The maximum atomic E-state index is 12.4.